The van der Waals surface area contributed by atoms with Gasteiger partial charge in [0.15, 0.2) is 5.11 Å². The van der Waals surface area contributed by atoms with Crippen LogP contribution in [0.1, 0.15) is 15.9 Å². The van der Waals surface area contributed by atoms with Crippen molar-refractivity contribution >= 4 is 34.6 Å². The van der Waals surface area contributed by atoms with E-state index in [0.717, 1.165) is 5.56 Å². The molecule has 2 rings (SSSR count). The Morgan fingerprint density at radius 3 is 2.60 bits per heavy atom. The average molecular weight is 309 g/mol. The first-order chi connectivity index (χ1) is 9.65. The number of carbonyl (C=O) groups excluding carboxylic acids is 1. The molecular formula is C13H12FN3OS2. The van der Waals surface area contributed by atoms with E-state index >= 15 is 0 Å². The van der Waals surface area contributed by atoms with E-state index < -0.39 is 0 Å². The van der Waals surface area contributed by atoms with E-state index in [9.17, 15) is 9.18 Å². The summed E-state index contributed by atoms with van der Waals surface area (Å²) in [6.45, 7) is 0.445. The van der Waals surface area contributed by atoms with E-state index in [4.69, 9.17) is 12.2 Å². The Morgan fingerprint density at radius 1 is 1.20 bits per heavy atom. The number of nitrogens with one attached hydrogen (secondary N) is 3. The molecule has 7 heteroatoms. The van der Waals surface area contributed by atoms with Crippen LogP contribution in [-0.4, -0.2) is 11.0 Å². The van der Waals surface area contributed by atoms with Gasteiger partial charge < -0.3 is 5.32 Å². The lowest BCUT2D eigenvalue weighted by molar-refractivity contribution is 0.0944. The summed E-state index contributed by atoms with van der Waals surface area (Å²) in [5.74, 6) is -0.533. The Kier molecular flexibility index (Phi) is 5.03. The number of hydrogen-bond acceptors (Lipinski definition) is 3. The molecule has 4 nitrogen and oxygen atoms in total. The van der Waals surface area contributed by atoms with Gasteiger partial charge in [0.05, 0.1) is 5.56 Å². The molecule has 0 saturated carbocycles. The van der Waals surface area contributed by atoms with Gasteiger partial charge in [-0.2, -0.15) is 11.3 Å². The van der Waals surface area contributed by atoms with Crippen molar-refractivity contribution in [2.24, 2.45) is 0 Å². The third kappa shape index (κ3) is 4.29. The van der Waals surface area contributed by atoms with Crippen molar-refractivity contribution < 1.29 is 9.18 Å². The molecule has 1 aromatic heterocycles. The number of thiocarbonyl (C=S) groups is 1. The molecule has 0 bridgehead atoms. The highest BCUT2D eigenvalue weighted by atomic mass is 32.1. The second kappa shape index (κ2) is 6.97. The Bertz CT molecular complexity index is 584. The number of carbonyl (C=O) groups is 1. The van der Waals surface area contributed by atoms with Crippen LogP contribution in [0.2, 0.25) is 0 Å². The maximum Gasteiger partial charge on any atom is 0.270 e. The van der Waals surface area contributed by atoms with E-state index in [1.807, 2.05) is 5.38 Å². The van der Waals surface area contributed by atoms with Gasteiger partial charge in [0.2, 0.25) is 0 Å². The van der Waals surface area contributed by atoms with Crippen molar-refractivity contribution in [1.29, 1.82) is 0 Å². The summed E-state index contributed by atoms with van der Waals surface area (Å²) < 4.78 is 12.7. The number of hydrogen-bond donors (Lipinski definition) is 3. The lowest BCUT2D eigenvalue weighted by atomic mass is 10.2. The standard InChI is InChI=1S/C13H12FN3OS2/c14-11-3-1-9(2-4-11)7-15-13(19)17-16-12(18)10-5-6-20-8-10/h1-6,8H,7H2,(H,16,18)(H2,15,17,19). The molecule has 0 atom stereocenters. The number of halogens is 1. The zero-order valence-electron chi connectivity index (χ0n) is 10.4. The van der Waals surface area contributed by atoms with Crippen LogP contribution in [-0.2, 0) is 6.54 Å². The molecular weight excluding hydrogens is 297 g/mol. The molecule has 0 fully saturated rings. The molecule has 0 unspecified atom stereocenters. The van der Waals surface area contributed by atoms with Crippen LogP contribution in [0.15, 0.2) is 41.1 Å². The maximum absolute atomic E-state index is 12.7. The molecule has 2 aromatic rings. The second-order valence-electron chi connectivity index (χ2n) is 3.90. The van der Waals surface area contributed by atoms with Gasteiger partial charge in [0.25, 0.3) is 5.91 Å². The van der Waals surface area contributed by atoms with Crippen LogP contribution in [0.5, 0.6) is 0 Å². The van der Waals surface area contributed by atoms with Gasteiger partial charge in [-0.3, -0.25) is 15.6 Å². The lowest BCUT2D eigenvalue weighted by Gasteiger charge is -2.11. The highest BCUT2D eigenvalue weighted by molar-refractivity contribution is 7.80. The van der Waals surface area contributed by atoms with Crippen LogP contribution >= 0.6 is 23.6 Å². The predicted octanol–water partition coefficient (Wildman–Crippen LogP) is 2.20. The van der Waals surface area contributed by atoms with E-state index in [1.54, 1.807) is 23.6 Å². The molecule has 0 aliphatic heterocycles. The fourth-order valence-electron chi connectivity index (χ4n) is 1.41. The molecule has 0 radical (unpaired) electrons. The van der Waals surface area contributed by atoms with Gasteiger partial charge in [-0.15, -0.1) is 0 Å². The second-order valence-corrected chi connectivity index (χ2v) is 5.09. The molecule has 20 heavy (non-hydrogen) atoms. The van der Waals surface area contributed by atoms with Crippen molar-refractivity contribution in [3.63, 3.8) is 0 Å². The van der Waals surface area contributed by atoms with Crippen molar-refractivity contribution in [3.05, 3.63) is 58.0 Å². The van der Waals surface area contributed by atoms with Crippen molar-refractivity contribution in [1.82, 2.24) is 16.2 Å². The van der Waals surface area contributed by atoms with E-state index in [1.165, 1.54) is 23.5 Å². The molecule has 1 aromatic carbocycles. The highest BCUT2D eigenvalue weighted by Gasteiger charge is 2.05. The monoisotopic (exact) mass is 309 g/mol. The molecule has 0 spiro atoms. The zero-order valence-corrected chi connectivity index (χ0v) is 12.0. The molecule has 1 heterocycles. The van der Waals surface area contributed by atoms with Gasteiger partial charge in [0, 0.05) is 11.9 Å². The summed E-state index contributed by atoms with van der Waals surface area (Å²) in [7, 11) is 0. The molecule has 0 aliphatic rings. The Balaban J connectivity index is 1.73. The van der Waals surface area contributed by atoms with E-state index in [2.05, 4.69) is 16.2 Å². The summed E-state index contributed by atoms with van der Waals surface area (Å²) in [4.78, 5) is 11.6. The minimum atomic E-state index is -0.280. The van der Waals surface area contributed by atoms with Gasteiger partial charge in [-0.25, -0.2) is 4.39 Å². The Morgan fingerprint density at radius 2 is 1.95 bits per heavy atom. The third-order valence-electron chi connectivity index (χ3n) is 2.44. The van der Waals surface area contributed by atoms with Crippen LogP contribution in [0.25, 0.3) is 0 Å². The Hall–Kier alpha value is -1.99. The van der Waals surface area contributed by atoms with Crippen LogP contribution in [0.4, 0.5) is 4.39 Å². The minimum absolute atomic E-state index is 0.253. The van der Waals surface area contributed by atoms with Gasteiger partial charge in [-0.1, -0.05) is 12.1 Å². The number of hydrazine groups is 1. The van der Waals surface area contributed by atoms with Crippen molar-refractivity contribution in [2.45, 2.75) is 6.54 Å². The fourth-order valence-corrected chi connectivity index (χ4v) is 2.17. The quantitative estimate of drug-likeness (QED) is 0.601. The summed E-state index contributed by atoms with van der Waals surface area (Å²) in [6, 6.07) is 7.80. The lowest BCUT2D eigenvalue weighted by Crippen LogP contribution is -2.46. The minimum Gasteiger partial charge on any atom is -0.357 e. The van der Waals surface area contributed by atoms with Crippen molar-refractivity contribution in [3.8, 4) is 0 Å². The van der Waals surface area contributed by atoms with Crippen LogP contribution in [0, 0.1) is 5.82 Å². The SMILES string of the molecule is O=C(NNC(=S)NCc1ccc(F)cc1)c1ccsc1. The Labute approximate surface area is 125 Å². The molecule has 3 N–H and O–H groups in total. The smallest absolute Gasteiger partial charge is 0.270 e. The molecule has 0 aliphatic carbocycles. The fraction of sp³-hybridized carbons (Fsp3) is 0.0769. The third-order valence-corrected chi connectivity index (χ3v) is 3.37. The van der Waals surface area contributed by atoms with Gasteiger partial charge in [0.1, 0.15) is 5.82 Å². The summed E-state index contributed by atoms with van der Waals surface area (Å²) in [5.41, 5.74) is 6.55. The maximum atomic E-state index is 12.7. The highest BCUT2D eigenvalue weighted by Crippen LogP contribution is 2.04. The number of rotatable bonds is 3. The van der Waals surface area contributed by atoms with E-state index in [-0.39, 0.29) is 16.8 Å². The zero-order chi connectivity index (χ0) is 14.4. The van der Waals surface area contributed by atoms with Crippen LogP contribution in [0.3, 0.4) is 0 Å². The molecule has 104 valence electrons. The topological polar surface area (TPSA) is 53.2 Å². The molecule has 1 amide bonds. The number of thiophene rings is 1. The average Bonchev–Trinajstić information content (AvgIpc) is 2.98. The first-order valence-electron chi connectivity index (χ1n) is 5.76. The predicted molar refractivity (Wildman–Crippen MR) is 80.8 cm³/mol. The van der Waals surface area contributed by atoms with E-state index in [0.29, 0.717) is 12.1 Å². The molecule has 0 saturated heterocycles. The number of amides is 1. The first-order valence-corrected chi connectivity index (χ1v) is 7.11. The normalized spacial score (nSPS) is 9.85. The van der Waals surface area contributed by atoms with Gasteiger partial charge in [-0.05, 0) is 41.4 Å². The van der Waals surface area contributed by atoms with Crippen molar-refractivity contribution in [2.75, 3.05) is 0 Å². The summed E-state index contributed by atoms with van der Waals surface area (Å²) in [5, 5.41) is 6.76. The first kappa shape index (κ1) is 14.4. The number of benzene rings is 1. The van der Waals surface area contributed by atoms with Gasteiger partial charge >= 0.3 is 0 Å². The summed E-state index contributed by atoms with van der Waals surface area (Å²) in [6.07, 6.45) is 0. The largest absolute Gasteiger partial charge is 0.357 e. The summed E-state index contributed by atoms with van der Waals surface area (Å²) >= 11 is 6.46. The van der Waals surface area contributed by atoms with Crippen LogP contribution < -0.4 is 16.2 Å².